The summed E-state index contributed by atoms with van der Waals surface area (Å²) >= 11 is 0. The Morgan fingerprint density at radius 1 is 1.05 bits per heavy atom. The van der Waals surface area contributed by atoms with Gasteiger partial charge in [0.1, 0.15) is 0 Å². The van der Waals surface area contributed by atoms with Gasteiger partial charge in [0, 0.05) is 32.8 Å². The Labute approximate surface area is 138 Å². The van der Waals surface area contributed by atoms with Crippen molar-refractivity contribution in [3.05, 3.63) is 0 Å². The molecule has 1 aliphatic rings. The summed E-state index contributed by atoms with van der Waals surface area (Å²) in [6, 6.07) is 0.00191. The van der Waals surface area contributed by atoms with Crippen LogP contribution in [0.2, 0.25) is 0 Å². The molecule has 22 heavy (non-hydrogen) atoms. The Morgan fingerprint density at radius 2 is 1.77 bits per heavy atom. The molecule has 0 atom stereocenters. The van der Waals surface area contributed by atoms with Crippen LogP contribution in [0.5, 0.6) is 0 Å². The fourth-order valence-electron chi connectivity index (χ4n) is 2.30. The second-order valence-corrected chi connectivity index (χ2v) is 5.25. The molecule has 1 fully saturated rings. The third-order valence-electron chi connectivity index (χ3n) is 3.46. The predicted octanol–water partition coefficient (Wildman–Crippen LogP) is 0.392. The van der Waals surface area contributed by atoms with Gasteiger partial charge in [-0.15, -0.1) is 12.4 Å². The van der Waals surface area contributed by atoms with E-state index in [-0.39, 0.29) is 36.9 Å². The summed E-state index contributed by atoms with van der Waals surface area (Å²) < 4.78 is 4.89. The van der Waals surface area contributed by atoms with Gasteiger partial charge in [-0.1, -0.05) is 19.3 Å². The molecule has 3 amide bonds. The molecule has 0 aromatic carbocycles. The zero-order chi connectivity index (χ0) is 15.3. The smallest absolute Gasteiger partial charge is 0.315 e. The average molecular weight is 337 g/mol. The van der Waals surface area contributed by atoms with Gasteiger partial charge in [0.15, 0.2) is 0 Å². The van der Waals surface area contributed by atoms with Crippen molar-refractivity contribution in [1.29, 1.82) is 0 Å². The maximum absolute atomic E-state index is 11.6. The van der Waals surface area contributed by atoms with E-state index in [1.54, 1.807) is 7.11 Å². The number of ether oxygens (including phenoxy) is 1. The Kier molecular flexibility index (Phi) is 13.0. The fraction of sp³-hybridized carbons (Fsp3) is 0.857. The summed E-state index contributed by atoms with van der Waals surface area (Å²) in [4.78, 5) is 23.2. The van der Waals surface area contributed by atoms with E-state index in [1.165, 1.54) is 19.3 Å². The lowest BCUT2D eigenvalue weighted by molar-refractivity contribution is -0.120. The number of amides is 3. The first-order chi connectivity index (χ1) is 10.2. The van der Waals surface area contributed by atoms with Crippen LogP contribution in [0.25, 0.3) is 0 Å². The molecule has 0 radical (unpaired) electrons. The second kappa shape index (κ2) is 13.6. The minimum atomic E-state index is -0.254. The fourth-order valence-corrected chi connectivity index (χ4v) is 2.30. The van der Waals surface area contributed by atoms with E-state index in [0.29, 0.717) is 19.7 Å². The molecule has 4 N–H and O–H groups in total. The summed E-state index contributed by atoms with van der Waals surface area (Å²) in [5, 5.41) is 11.4. The number of urea groups is 1. The van der Waals surface area contributed by atoms with Crippen LogP contribution in [0.4, 0.5) is 4.79 Å². The van der Waals surface area contributed by atoms with Crippen LogP contribution in [0, 0.1) is 0 Å². The van der Waals surface area contributed by atoms with Gasteiger partial charge in [-0.05, 0) is 12.8 Å². The SMILES string of the molecule is COCCNCCNC(=O)CNC(=O)NC1CCCCC1.Cl. The number of halogens is 1. The van der Waals surface area contributed by atoms with Gasteiger partial charge in [-0.3, -0.25) is 4.79 Å². The summed E-state index contributed by atoms with van der Waals surface area (Å²) in [7, 11) is 1.65. The van der Waals surface area contributed by atoms with Crippen LogP contribution in [-0.2, 0) is 9.53 Å². The standard InChI is InChI=1S/C14H28N4O3.ClH/c1-21-10-9-15-7-8-16-13(19)11-17-14(20)18-12-5-3-2-4-6-12;/h12,15H,2-11H2,1H3,(H,16,19)(H2,17,18,20);1H. The Hall–Kier alpha value is -1.05. The monoisotopic (exact) mass is 336 g/mol. The van der Waals surface area contributed by atoms with Crippen molar-refractivity contribution < 1.29 is 14.3 Å². The molecule has 8 heteroatoms. The van der Waals surface area contributed by atoms with Gasteiger partial charge < -0.3 is 26.0 Å². The van der Waals surface area contributed by atoms with E-state index in [4.69, 9.17) is 4.74 Å². The van der Waals surface area contributed by atoms with E-state index >= 15 is 0 Å². The maximum atomic E-state index is 11.6. The zero-order valence-corrected chi connectivity index (χ0v) is 14.1. The van der Waals surface area contributed by atoms with Gasteiger partial charge >= 0.3 is 6.03 Å². The molecule has 0 unspecified atom stereocenters. The molecule has 1 aliphatic carbocycles. The lowest BCUT2D eigenvalue weighted by Crippen LogP contribution is -2.46. The molecule has 130 valence electrons. The van der Waals surface area contributed by atoms with E-state index in [1.807, 2.05) is 0 Å². The first-order valence-corrected chi connectivity index (χ1v) is 7.73. The number of nitrogens with one attached hydrogen (secondary N) is 4. The molecule has 0 aliphatic heterocycles. The van der Waals surface area contributed by atoms with Crippen molar-refractivity contribution in [1.82, 2.24) is 21.3 Å². The molecular weight excluding hydrogens is 308 g/mol. The van der Waals surface area contributed by atoms with Gasteiger partial charge in [0.05, 0.1) is 13.2 Å². The van der Waals surface area contributed by atoms with Crippen molar-refractivity contribution in [2.45, 2.75) is 38.1 Å². The highest BCUT2D eigenvalue weighted by atomic mass is 35.5. The zero-order valence-electron chi connectivity index (χ0n) is 13.3. The third-order valence-corrected chi connectivity index (χ3v) is 3.46. The highest BCUT2D eigenvalue weighted by Gasteiger charge is 2.15. The number of hydrogen-bond acceptors (Lipinski definition) is 4. The molecule has 0 spiro atoms. The number of methoxy groups -OCH3 is 1. The van der Waals surface area contributed by atoms with E-state index < -0.39 is 0 Å². The first-order valence-electron chi connectivity index (χ1n) is 7.73. The highest BCUT2D eigenvalue weighted by molar-refractivity contribution is 5.85. The first kappa shape index (κ1) is 20.9. The summed E-state index contributed by atoms with van der Waals surface area (Å²) in [5.41, 5.74) is 0. The molecule has 0 aromatic heterocycles. The quantitative estimate of drug-likeness (QED) is 0.458. The van der Waals surface area contributed by atoms with Crippen molar-refractivity contribution in [2.24, 2.45) is 0 Å². The topological polar surface area (TPSA) is 91.5 Å². The number of hydrogen-bond donors (Lipinski definition) is 4. The number of carbonyl (C=O) groups is 2. The van der Waals surface area contributed by atoms with Gasteiger partial charge in [0.2, 0.25) is 5.91 Å². The largest absolute Gasteiger partial charge is 0.383 e. The molecular formula is C14H29ClN4O3. The van der Waals surface area contributed by atoms with E-state index in [0.717, 1.165) is 19.4 Å². The van der Waals surface area contributed by atoms with Crippen LogP contribution < -0.4 is 21.3 Å². The van der Waals surface area contributed by atoms with E-state index in [2.05, 4.69) is 21.3 Å². The maximum Gasteiger partial charge on any atom is 0.315 e. The number of rotatable bonds is 9. The van der Waals surface area contributed by atoms with Crippen molar-refractivity contribution in [3.8, 4) is 0 Å². The van der Waals surface area contributed by atoms with Crippen LogP contribution in [-0.4, -0.2) is 57.9 Å². The molecule has 0 bridgehead atoms. The molecule has 1 rings (SSSR count). The molecule has 0 aromatic rings. The third kappa shape index (κ3) is 10.6. The van der Waals surface area contributed by atoms with Crippen molar-refractivity contribution in [2.75, 3.05) is 39.9 Å². The summed E-state index contributed by atoms with van der Waals surface area (Å²) in [6.45, 7) is 2.64. The van der Waals surface area contributed by atoms with Crippen LogP contribution in [0.15, 0.2) is 0 Å². The summed E-state index contributed by atoms with van der Waals surface area (Å²) in [5.74, 6) is -0.178. The second-order valence-electron chi connectivity index (χ2n) is 5.25. The lowest BCUT2D eigenvalue weighted by atomic mass is 9.96. The molecule has 0 heterocycles. The minimum absolute atomic E-state index is 0. The Bertz CT molecular complexity index is 312. The van der Waals surface area contributed by atoms with Crippen LogP contribution >= 0.6 is 12.4 Å². The summed E-state index contributed by atoms with van der Waals surface area (Å²) in [6.07, 6.45) is 5.66. The minimum Gasteiger partial charge on any atom is -0.383 e. The van der Waals surface area contributed by atoms with Crippen LogP contribution in [0.1, 0.15) is 32.1 Å². The van der Waals surface area contributed by atoms with Gasteiger partial charge in [-0.2, -0.15) is 0 Å². The average Bonchev–Trinajstić information content (AvgIpc) is 2.50. The van der Waals surface area contributed by atoms with Crippen molar-refractivity contribution >= 4 is 24.3 Å². The lowest BCUT2D eigenvalue weighted by Gasteiger charge is -2.22. The van der Waals surface area contributed by atoms with Crippen molar-refractivity contribution in [3.63, 3.8) is 0 Å². The molecule has 7 nitrogen and oxygen atoms in total. The Balaban J connectivity index is 0.00000441. The predicted molar refractivity (Wildman–Crippen MR) is 88.4 cm³/mol. The highest BCUT2D eigenvalue weighted by Crippen LogP contribution is 2.16. The number of carbonyl (C=O) groups excluding carboxylic acids is 2. The Morgan fingerprint density at radius 3 is 2.45 bits per heavy atom. The van der Waals surface area contributed by atoms with Crippen LogP contribution in [0.3, 0.4) is 0 Å². The van der Waals surface area contributed by atoms with E-state index in [9.17, 15) is 9.59 Å². The van der Waals surface area contributed by atoms with Gasteiger partial charge in [-0.25, -0.2) is 4.79 Å². The molecule has 1 saturated carbocycles. The normalized spacial score (nSPS) is 14.8. The van der Waals surface area contributed by atoms with Gasteiger partial charge in [0.25, 0.3) is 0 Å². The molecule has 0 saturated heterocycles.